The van der Waals surface area contributed by atoms with Crippen molar-refractivity contribution in [2.45, 2.75) is 71.1 Å². The second-order valence-electron chi connectivity index (χ2n) is 11.2. The van der Waals surface area contributed by atoms with E-state index in [1.54, 1.807) is 30.4 Å². The fraction of sp³-hybridized carbons (Fsp3) is 0.517. The molecule has 29 heavy (non-hydrogen) atoms. The van der Waals surface area contributed by atoms with Gasteiger partial charge < -0.3 is 0 Å². The highest BCUT2D eigenvalue weighted by atomic mass is 14.6. The van der Waals surface area contributed by atoms with Crippen LogP contribution in [0.4, 0.5) is 0 Å². The average molecular weight is 383 g/mol. The van der Waals surface area contributed by atoms with E-state index in [0.717, 1.165) is 17.8 Å². The summed E-state index contributed by atoms with van der Waals surface area (Å²) in [7, 11) is 0. The highest BCUT2D eigenvalue weighted by Crippen LogP contribution is 2.62. The molecule has 0 aromatic heterocycles. The monoisotopic (exact) mass is 382 g/mol. The zero-order chi connectivity index (χ0) is 19.6. The third-order valence-corrected chi connectivity index (χ3v) is 8.62. The van der Waals surface area contributed by atoms with Gasteiger partial charge in [-0.25, -0.2) is 0 Å². The lowest BCUT2D eigenvalue weighted by molar-refractivity contribution is -0.0521. The van der Waals surface area contributed by atoms with Gasteiger partial charge in [-0.15, -0.1) is 0 Å². The van der Waals surface area contributed by atoms with E-state index < -0.39 is 0 Å². The summed E-state index contributed by atoms with van der Waals surface area (Å²) >= 11 is 0. The molecule has 0 saturated heterocycles. The molecule has 0 spiro atoms. The first-order valence-electron chi connectivity index (χ1n) is 12.0. The number of hydrogen-bond acceptors (Lipinski definition) is 0. The maximum atomic E-state index is 2.58. The SMILES string of the molecule is CC(C)c1ccc(-c2cccc3c2C=C(CC24CC5CC(CC(C5)C2)C4)C3)cc1. The molecule has 5 aliphatic carbocycles. The van der Waals surface area contributed by atoms with Crippen LogP contribution in [0.2, 0.25) is 0 Å². The van der Waals surface area contributed by atoms with Crippen molar-refractivity contribution in [3.8, 4) is 11.1 Å². The minimum absolute atomic E-state index is 0.595. The molecule has 5 aliphatic rings. The largest absolute Gasteiger partial charge is 0.0646 e. The molecular formula is C29H34. The Morgan fingerprint density at radius 3 is 2.14 bits per heavy atom. The summed E-state index contributed by atoms with van der Waals surface area (Å²) in [6.07, 6.45) is 14.4. The van der Waals surface area contributed by atoms with Crippen LogP contribution in [0.3, 0.4) is 0 Å². The predicted molar refractivity (Wildman–Crippen MR) is 123 cm³/mol. The quantitative estimate of drug-likeness (QED) is 0.502. The third-order valence-electron chi connectivity index (χ3n) is 8.62. The zero-order valence-corrected chi connectivity index (χ0v) is 18.1. The normalized spacial score (nSPS) is 32.0. The van der Waals surface area contributed by atoms with E-state index in [1.165, 1.54) is 54.4 Å². The van der Waals surface area contributed by atoms with E-state index in [1.807, 2.05) is 0 Å². The van der Waals surface area contributed by atoms with Crippen LogP contribution in [-0.4, -0.2) is 0 Å². The summed E-state index contributed by atoms with van der Waals surface area (Å²) in [4.78, 5) is 0. The van der Waals surface area contributed by atoms with Gasteiger partial charge in [-0.05, 0) is 108 Å². The molecule has 0 unspecified atom stereocenters. The summed E-state index contributed by atoms with van der Waals surface area (Å²) < 4.78 is 0. The van der Waals surface area contributed by atoms with Crippen molar-refractivity contribution in [3.05, 3.63) is 64.7 Å². The predicted octanol–water partition coefficient (Wildman–Crippen LogP) is 8.02. The Labute approximate surface area is 176 Å². The first-order chi connectivity index (χ1) is 14.1. The highest BCUT2D eigenvalue weighted by molar-refractivity contribution is 5.80. The van der Waals surface area contributed by atoms with Gasteiger partial charge in [0.25, 0.3) is 0 Å². The van der Waals surface area contributed by atoms with E-state index in [2.05, 4.69) is 62.4 Å². The summed E-state index contributed by atoms with van der Waals surface area (Å²) in [6, 6.07) is 16.2. The van der Waals surface area contributed by atoms with Crippen molar-refractivity contribution in [2.24, 2.45) is 23.2 Å². The van der Waals surface area contributed by atoms with Crippen molar-refractivity contribution in [1.29, 1.82) is 0 Å². The van der Waals surface area contributed by atoms with Crippen LogP contribution in [-0.2, 0) is 6.42 Å². The minimum Gasteiger partial charge on any atom is -0.0646 e. The van der Waals surface area contributed by atoms with Crippen LogP contribution in [0.25, 0.3) is 17.2 Å². The topological polar surface area (TPSA) is 0 Å². The first-order valence-corrected chi connectivity index (χ1v) is 12.0. The maximum absolute atomic E-state index is 2.58. The van der Waals surface area contributed by atoms with Crippen LogP contribution in [0.15, 0.2) is 48.0 Å². The Bertz CT molecular complexity index is 921. The van der Waals surface area contributed by atoms with Crippen molar-refractivity contribution >= 4 is 6.08 Å². The van der Waals surface area contributed by atoms with E-state index in [-0.39, 0.29) is 0 Å². The molecule has 7 rings (SSSR count). The molecular weight excluding hydrogens is 348 g/mol. The van der Waals surface area contributed by atoms with Crippen molar-refractivity contribution in [3.63, 3.8) is 0 Å². The van der Waals surface area contributed by atoms with Crippen LogP contribution in [0, 0.1) is 23.2 Å². The van der Waals surface area contributed by atoms with Crippen LogP contribution >= 0.6 is 0 Å². The molecule has 4 saturated carbocycles. The van der Waals surface area contributed by atoms with Gasteiger partial charge in [0, 0.05) is 0 Å². The lowest BCUT2D eigenvalue weighted by atomic mass is 9.48. The van der Waals surface area contributed by atoms with Gasteiger partial charge in [0.1, 0.15) is 0 Å². The van der Waals surface area contributed by atoms with Crippen molar-refractivity contribution in [2.75, 3.05) is 0 Å². The number of hydrogen-bond donors (Lipinski definition) is 0. The highest BCUT2D eigenvalue weighted by Gasteiger charge is 2.50. The van der Waals surface area contributed by atoms with Gasteiger partial charge in [0.05, 0.1) is 0 Å². The van der Waals surface area contributed by atoms with E-state index >= 15 is 0 Å². The molecule has 2 aromatic carbocycles. The minimum atomic E-state index is 0.595. The Morgan fingerprint density at radius 1 is 0.862 bits per heavy atom. The summed E-state index contributed by atoms with van der Waals surface area (Å²) in [5.41, 5.74) is 9.66. The molecule has 0 N–H and O–H groups in total. The Morgan fingerprint density at radius 2 is 1.52 bits per heavy atom. The van der Waals surface area contributed by atoms with Crippen LogP contribution in [0.5, 0.6) is 0 Å². The van der Waals surface area contributed by atoms with Crippen LogP contribution in [0.1, 0.15) is 81.4 Å². The number of fused-ring (bicyclic) bond motifs is 1. The molecule has 0 aliphatic heterocycles. The second kappa shape index (κ2) is 6.59. The Hall–Kier alpha value is -1.82. The molecule has 0 heteroatoms. The molecule has 4 fully saturated rings. The van der Waals surface area contributed by atoms with E-state index in [9.17, 15) is 0 Å². The molecule has 0 amide bonds. The number of benzene rings is 2. The molecule has 4 bridgehead atoms. The average Bonchev–Trinajstić information content (AvgIpc) is 3.08. The van der Waals surface area contributed by atoms with Gasteiger partial charge in [0.2, 0.25) is 0 Å². The van der Waals surface area contributed by atoms with Crippen molar-refractivity contribution in [1.82, 2.24) is 0 Å². The van der Waals surface area contributed by atoms with Crippen molar-refractivity contribution < 1.29 is 0 Å². The third kappa shape index (κ3) is 3.11. The Kier molecular flexibility index (Phi) is 4.09. The van der Waals surface area contributed by atoms with Gasteiger partial charge in [-0.3, -0.25) is 0 Å². The number of rotatable bonds is 4. The number of allylic oxidation sites excluding steroid dienone is 1. The molecule has 0 heterocycles. The molecule has 0 atom stereocenters. The standard InChI is InChI=1S/C29H34/c1-19(2)24-6-8-25(9-7-24)27-5-3-4-26-13-23(14-28(26)27)18-29-15-20-10-21(16-29)12-22(11-20)17-29/h3-9,14,19-22H,10-13,15-18H2,1-2H3. The van der Waals surface area contributed by atoms with E-state index in [4.69, 9.17) is 0 Å². The fourth-order valence-corrected chi connectivity index (χ4v) is 7.84. The van der Waals surface area contributed by atoms with Gasteiger partial charge in [-0.1, -0.05) is 68.0 Å². The lowest BCUT2D eigenvalue weighted by Gasteiger charge is -2.57. The summed E-state index contributed by atoms with van der Waals surface area (Å²) in [5.74, 6) is 3.76. The second-order valence-corrected chi connectivity index (χ2v) is 11.2. The van der Waals surface area contributed by atoms with E-state index in [0.29, 0.717) is 11.3 Å². The fourth-order valence-electron chi connectivity index (χ4n) is 7.84. The smallest absolute Gasteiger partial charge is 0.00574 e. The molecule has 2 aromatic rings. The van der Waals surface area contributed by atoms with Gasteiger partial charge >= 0.3 is 0 Å². The molecule has 0 radical (unpaired) electrons. The van der Waals surface area contributed by atoms with Gasteiger partial charge in [0.15, 0.2) is 0 Å². The van der Waals surface area contributed by atoms with Crippen LogP contribution < -0.4 is 0 Å². The zero-order valence-electron chi connectivity index (χ0n) is 18.1. The summed E-state index contributed by atoms with van der Waals surface area (Å²) in [5, 5.41) is 0. The summed E-state index contributed by atoms with van der Waals surface area (Å²) in [6.45, 7) is 4.55. The molecule has 150 valence electrons. The van der Waals surface area contributed by atoms with Gasteiger partial charge in [-0.2, -0.15) is 0 Å². The Balaban J connectivity index is 1.29. The maximum Gasteiger partial charge on any atom is -0.00574 e. The molecule has 0 nitrogen and oxygen atoms in total. The first kappa shape index (κ1) is 18.0. The lowest BCUT2D eigenvalue weighted by Crippen LogP contribution is -2.46.